The molecule has 0 heterocycles. The Labute approximate surface area is 122 Å². The lowest BCUT2D eigenvalue weighted by molar-refractivity contribution is -0.386. The van der Waals surface area contributed by atoms with Crippen LogP contribution in [-0.4, -0.2) is 23.6 Å². The molecular weight excluding hydrogens is 277 g/mol. The third-order valence-corrected chi connectivity index (χ3v) is 3.02. The lowest BCUT2D eigenvalue weighted by Gasteiger charge is -2.22. The van der Waals surface area contributed by atoms with Crippen molar-refractivity contribution in [1.29, 1.82) is 5.26 Å². The van der Waals surface area contributed by atoms with Crippen LogP contribution in [0.3, 0.4) is 0 Å². The summed E-state index contributed by atoms with van der Waals surface area (Å²) in [5, 5.41) is 22.9. The van der Waals surface area contributed by atoms with Gasteiger partial charge in [-0.2, -0.15) is 5.26 Å². The monoisotopic (exact) mass is 295 g/mol. The molecular formula is C14H18FN3O3. The Morgan fingerprint density at radius 1 is 1.57 bits per heavy atom. The summed E-state index contributed by atoms with van der Waals surface area (Å²) in [6.45, 7) is 4.42. The number of halogens is 1. The lowest BCUT2D eigenvalue weighted by atomic mass is 9.98. The molecule has 0 aromatic heterocycles. The summed E-state index contributed by atoms with van der Waals surface area (Å²) >= 11 is 0. The molecule has 0 aliphatic carbocycles. The van der Waals surface area contributed by atoms with E-state index in [1.54, 1.807) is 6.92 Å². The molecule has 6 nitrogen and oxygen atoms in total. The van der Waals surface area contributed by atoms with E-state index < -0.39 is 22.0 Å². The van der Waals surface area contributed by atoms with Crippen LogP contribution in [0.2, 0.25) is 0 Å². The summed E-state index contributed by atoms with van der Waals surface area (Å²) in [4.78, 5) is 10.1. The summed E-state index contributed by atoms with van der Waals surface area (Å²) in [6.07, 6.45) is 0.974. The lowest BCUT2D eigenvalue weighted by Crippen LogP contribution is -2.40. The number of nitriles is 1. The van der Waals surface area contributed by atoms with E-state index in [0.717, 1.165) is 6.07 Å². The zero-order chi connectivity index (χ0) is 15.9. The number of ether oxygens (including phenoxy) is 1. The Hall–Kier alpha value is -2.20. The molecule has 0 saturated carbocycles. The number of benzene rings is 1. The molecule has 21 heavy (non-hydrogen) atoms. The molecule has 0 fully saturated rings. The van der Waals surface area contributed by atoms with Gasteiger partial charge in [0.25, 0.3) is 0 Å². The molecule has 1 unspecified atom stereocenters. The summed E-state index contributed by atoms with van der Waals surface area (Å²) in [5.41, 5.74) is -1.08. The number of nitrogens with one attached hydrogen (secondary N) is 1. The zero-order valence-corrected chi connectivity index (χ0v) is 12.1. The van der Waals surface area contributed by atoms with Gasteiger partial charge in [-0.15, -0.1) is 0 Å². The van der Waals surface area contributed by atoms with Crippen molar-refractivity contribution in [2.24, 2.45) is 0 Å². The Morgan fingerprint density at radius 2 is 2.29 bits per heavy atom. The summed E-state index contributed by atoms with van der Waals surface area (Å²) < 4.78 is 18.8. The first-order valence-electron chi connectivity index (χ1n) is 6.65. The van der Waals surface area contributed by atoms with E-state index in [0.29, 0.717) is 19.4 Å². The molecule has 0 aliphatic heterocycles. The second-order valence-corrected chi connectivity index (χ2v) is 4.77. The van der Waals surface area contributed by atoms with Crippen molar-refractivity contribution in [3.8, 4) is 11.8 Å². The van der Waals surface area contributed by atoms with Gasteiger partial charge in [-0.1, -0.05) is 13.0 Å². The Morgan fingerprint density at radius 3 is 2.86 bits per heavy atom. The molecule has 1 atom stereocenters. The van der Waals surface area contributed by atoms with Gasteiger partial charge in [-0.05, 0) is 32.4 Å². The SMILES string of the molecule is CCNC(C)(C#N)CCCOc1c(F)cccc1[N+](=O)[O-]. The van der Waals surface area contributed by atoms with Crippen LogP contribution < -0.4 is 10.1 Å². The van der Waals surface area contributed by atoms with Crippen LogP contribution in [0.1, 0.15) is 26.7 Å². The van der Waals surface area contributed by atoms with Gasteiger partial charge in [-0.25, -0.2) is 4.39 Å². The Balaban J connectivity index is 2.62. The molecule has 0 spiro atoms. The maximum Gasteiger partial charge on any atom is 0.314 e. The first kappa shape index (κ1) is 16.9. The van der Waals surface area contributed by atoms with Gasteiger partial charge in [0.1, 0.15) is 5.54 Å². The highest BCUT2D eigenvalue weighted by molar-refractivity contribution is 5.46. The Bertz CT molecular complexity index is 545. The van der Waals surface area contributed by atoms with Crippen molar-refractivity contribution in [2.75, 3.05) is 13.2 Å². The quantitative estimate of drug-likeness (QED) is 0.452. The maximum atomic E-state index is 13.6. The standard InChI is InChI=1S/C14H18FN3O3/c1-3-17-14(2,10-16)8-5-9-21-13-11(15)6-4-7-12(13)18(19)20/h4,6-7,17H,3,5,8-9H2,1-2H3. The van der Waals surface area contributed by atoms with E-state index in [1.165, 1.54) is 12.1 Å². The molecule has 1 aromatic rings. The van der Waals surface area contributed by atoms with Crippen LogP contribution in [0.4, 0.5) is 10.1 Å². The van der Waals surface area contributed by atoms with E-state index >= 15 is 0 Å². The first-order chi connectivity index (χ1) is 9.93. The predicted molar refractivity (Wildman–Crippen MR) is 75.5 cm³/mol. The van der Waals surface area contributed by atoms with Crippen LogP contribution in [0.5, 0.6) is 5.75 Å². The van der Waals surface area contributed by atoms with Gasteiger partial charge in [-0.3, -0.25) is 15.4 Å². The zero-order valence-electron chi connectivity index (χ0n) is 12.1. The largest absolute Gasteiger partial charge is 0.485 e. The smallest absolute Gasteiger partial charge is 0.314 e. The van der Waals surface area contributed by atoms with Gasteiger partial charge in [0.15, 0.2) is 5.82 Å². The molecule has 1 aromatic carbocycles. The fourth-order valence-electron chi connectivity index (χ4n) is 1.96. The highest BCUT2D eigenvalue weighted by atomic mass is 19.1. The molecule has 0 radical (unpaired) electrons. The highest BCUT2D eigenvalue weighted by Gasteiger charge is 2.23. The summed E-state index contributed by atoms with van der Waals surface area (Å²) in [7, 11) is 0. The van der Waals surface area contributed by atoms with Crippen molar-refractivity contribution in [3.63, 3.8) is 0 Å². The molecule has 7 heteroatoms. The minimum atomic E-state index is -0.765. The third-order valence-electron chi connectivity index (χ3n) is 3.02. The van der Waals surface area contributed by atoms with Crippen LogP contribution in [0, 0.1) is 27.3 Å². The molecule has 0 aliphatic rings. The number of hydrogen-bond donors (Lipinski definition) is 1. The fourth-order valence-corrected chi connectivity index (χ4v) is 1.96. The summed E-state index contributed by atoms with van der Waals surface area (Å²) in [6, 6.07) is 5.73. The minimum absolute atomic E-state index is 0.102. The van der Waals surface area contributed by atoms with Gasteiger partial charge in [0.05, 0.1) is 17.6 Å². The number of nitro benzene ring substituents is 1. The minimum Gasteiger partial charge on any atom is -0.485 e. The van der Waals surface area contributed by atoms with Crippen LogP contribution in [0.15, 0.2) is 18.2 Å². The third kappa shape index (κ3) is 4.68. The average molecular weight is 295 g/mol. The van der Waals surface area contributed by atoms with Crippen LogP contribution in [-0.2, 0) is 0 Å². The molecule has 0 saturated heterocycles. The highest BCUT2D eigenvalue weighted by Crippen LogP contribution is 2.29. The molecule has 0 amide bonds. The van der Waals surface area contributed by atoms with Crippen LogP contribution >= 0.6 is 0 Å². The van der Waals surface area contributed by atoms with Crippen molar-refractivity contribution in [2.45, 2.75) is 32.2 Å². The van der Waals surface area contributed by atoms with Gasteiger partial charge in [0.2, 0.25) is 5.75 Å². The van der Waals surface area contributed by atoms with Crippen molar-refractivity contribution < 1.29 is 14.1 Å². The second kappa shape index (κ2) is 7.55. The second-order valence-electron chi connectivity index (χ2n) is 4.77. The van der Waals surface area contributed by atoms with Crippen molar-refractivity contribution >= 4 is 5.69 Å². The van der Waals surface area contributed by atoms with Crippen molar-refractivity contribution in [3.05, 3.63) is 34.1 Å². The summed E-state index contributed by atoms with van der Waals surface area (Å²) in [5.74, 6) is -1.12. The van der Waals surface area contributed by atoms with Crippen molar-refractivity contribution in [1.82, 2.24) is 5.32 Å². The van der Waals surface area contributed by atoms with Gasteiger partial charge >= 0.3 is 5.69 Å². The average Bonchev–Trinajstić information content (AvgIpc) is 2.45. The first-order valence-corrected chi connectivity index (χ1v) is 6.65. The number of nitro groups is 1. The predicted octanol–water partition coefficient (Wildman–Crippen LogP) is 2.78. The van der Waals surface area contributed by atoms with Gasteiger partial charge in [0, 0.05) is 6.07 Å². The molecule has 1 rings (SSSR count). The molecule has 114 valence electrons. The van der Waals surface area contributed by atoms with Crippen LogP contribution in [0.25, 0.3) is 0 Å². The maximum absolute atomic E-state index is 13.6. The molecule has 1 N–H and O–H groups in total. The van der Waals surface area contributed by atoms with E-state index in [9.17, 15) is 14.5 Å². The topological polar surface area (TPSA) is 88.2 Å². The van der Waals surface area contributed by atoms with E-state index in [2.05, 4.69) is 11.4 Å². The number of para-hydroxylation sites is 1. The van der Waals surface area contributed by atoms with E-state index in [-0.39, 0.29) is 12.4 Å². The number of rotatable bonds is 8. The number of hydrogen-bond acceptors (Lipinski definition) is 5. The van der Waals surface area contributed by atoms with E-state index in [4.69, 9.17) is 10.00 Å². The fraction of sp³-hybridized carbons (Fsp3) is 0.500. The normalized spacial score (nSPS) is 13.2. The Kier molecular flexibility index (Phi) is 6.06. The van der Waals surface area contributed by atoms with E-state index in [1.807, 2.05) is 6.92 Å². The number of nitrogens with zero attached hydrogens (tertiary/aromatic N) is 2. The van der Waals surface area contributed by atoms with Gasteiger partial charge < -0.3 is 4.74 Å². The molecule has 0 bridgehead atoms.